The van der Waals surface area contributed by atoms with Crippen LogP contribution in [-0.4, -0.2) is 66.0 Å². The van der Waals surface area contributed by atoms with Crippen LogP contribution >= 0.6 is 15.9 Å². The largest absolute Gasteiger partial charge is 0.388 e. The Morgan fingerprint density at radius 1 is 1.32 bits per heavy atom. The molecule has 8 nitrogen and oxygen atoms in total. The summed E-state index contributed by atoms with van der Waals surface area (Å²) in [5.41, 5.74) is 4.28. The highest BCUT2D eigenvalue weighted by molar-refractivity contribution is 9.12. The summed E-state index contributed by atoms with van der Waals surface area (Å²) in [7, 11) is 0. The number of hydrogen-bond acceptors (Lipinski definition) is 6. The molecule has 0 spiro atoms. The van der Waals surface area contributed by atoms with Crippen LogP contribution < -0.4 is 16.1 Å². The van der Waals surface area contributed by atoms with E-state index in [0.29, 0.717) is 35.3 Å². The summed E-state index contributed by atoms with van der Waals surface area (Å²) >= 11 is 3.45. The molecule has 0 aromatic heterocycles. The number of dihydropyridines is 1. The molecule has 0 aromatic carbocycles. The number of hydrogen-bond donors (Lipinski definition) is 4. The normalized spacial score (nSPS) is 36.6. The van der Waals surface area contributed by atoms with Crippen molar-refractivity contribution in [3.8, 4) is 0 Å². The predicted molar refractivity (Wildman–Crippen MR) is 120 cm³/mol. The number of hydrazine groups is 1. The van der Waals surface area contributed by atoms with Crippen molar-refractivity contribution >= 4 is 34.0 Å². The van der Waals surface area contributed by atoms with E-state index in [4.69, 9.17) is 0 Å². The van der Waals surface area contributed by atoms with Gasteiger partial charge in [-0.05, 0) is 83.9 Å². The van der Waals surface area contributed by atoms with Crippen LogP contribution in [-0.2, 0) is 9.59 Å². The molecule has 0 radical (unpaired) electrons. The van der Waals surface area contributed by atoms with Crippen molar-refractivity contribution in [2.24, 2.45) is 22.7 Å². The molecule has 6 aliphatic rings. The van der Waals surface area contributed by atoms with Gasteiger partial charge in [0.15, 0.2) is 0 Å². The van der Waals surface area contributed by atoms with Gasteiger partial charge in [-0.3, -0.25) is 19.6 Å². The fraction of sp³-hybridized carbons (Fsp3) is 0.682. The van der Waals surface area contributed by atoms with Gasteiger partial charge in [-0.25, -0.2) is 5.43 Å². The van der Waals surface area contributed by atoms with Crippen molar-refractivity contribution in [2.45, 2.75) is 50.2 Å². The predicted octanol–water partition coefficient (Wildman–Crippen LogP) is 0.986. The second kappa shape index (κ2) is 8.33. The summed E-state index contributed by atoms with van der Waals surface area (Å²) < 4.78 is 0.433. The summed E-state index contributed by atoms with van der Waals surface area (Å²) in [6, 6.07) is -0.0143. The van der Waals surface area contributed by atoms with Crippen LogP contribution in [0.15, 0.2) is 26.8 Å². The Labute approximate surface area is 190 Å². The van der Waals surface area contributed by atoms with Gasteiger partial charge in [0.2, 0.25) is 5.91 Å². The van der Waals surface area contributed by atoms with Crippen LogP contribution in [0.25, 0.3) is 0 Å². The zero-order valence-electron chi connectivity index (χ0n) is 17.6. The number of aliphatic hydroxyl groups is 1. The number of aliphatic imine (C=N–C) groups is 1. The quantitative estimate of drug-likeness (QED) is 0.443. The first-order valence-corrected chi connectivity index (χ1v) is 12.1. The molecule has 4 N–H and O–H groups in total. The zero-order chi connectivity index (χ0) is 21.6. The van der Waals surface area contributed by atoms with Crippen molar-refractivity contribution in [1.29, 1.82) is 0 Å². The minimum atomic E-state index is -0.673. The van der Waals surface area contributed by atoms with Crippen LogP contribution in [0, 0.1) is 17.8 Å². The Balaban J connectivity index is 1.19. The van der Waals surface area contributed by atoms with Gasteiger partial charge in [0.1, 0.15) is 11.0 Å². The molecule has 0 saturated heterocycles. The van der Waals surface area contributed by atoms with Crippen LogP contribution in [0.4, 0.5) is 0 Å². The van der Waals surface area contributed by atoms with Gasteiger partial charge in [-0.2, -0.15) is 0 Å². The van der Waals surface area contributed by atoms with Gasteiger partial charge in [0.25, 0.3) is 5.91 Å². The van der Waals surface area contributed by atoms with Gasteiger partial charge >= 0.3 is 0 Å². The van der Waals surface area contributed by atoms with E-state index in [1.54, 1.807) is 6.21 Å². The molecule has 168 valence electrons. The highest BCUT2D eigenvalue weighted by Crippen LogP contribution is 2.55. The standard InChI is InChI=1S/C22H30BrN5O3/c23-19-17(27-20-16-6-14-5-15(7-16)9-22(20,31)8-14)11-26-28(21(19)30)12-18(29)25-10-13-1-3-24-4-2-13/h1,3,14-16,20,26-27,31H,2,4-12H2,(H,25,29)/t14?,15?,16?,20-,22?/m0/s1. The molecular weight excluding hydrogens is 462 g/mol. The average molecular weight is 492 g/mol. The number of halogens is 1. The van der Waals surface area contributed by atoms with Crippen molar-refractivity contribution in [3.63, 3.8) is 0 Å². The summed E-state index contributed by atoms with van der Waals surface area (Å²) in [6.45, 7) is 1.58. The smallest absolute Gasteiger partial charge is 0.277 e. The first kappa shape index (κ1) is 21.2. The van der Waals surface area contributed by atoms with Crippen molar-refractivity contribution < 1.29 is 14.7 Å². The summed E-state index contributed by atoms with van der Waals surface area (Å²) in [4.78, 5) is 29.3. The second-order valence-corrected chi connectivity index (χ2v) is 10.6. The maximum Gasteiger partial charge on any atom is 0.277 e. The molecule has 4 bridgehead atoms. The third-order valence-electron chi connectivity index (χ3n) is 7.54. The van der Waals surface area contributed by atoms with E-state index in [-0.39, 0.29) is 24.4 Å². The third kappa shape index (κ3) is 4.19. The molecule has 2 heterocycles. The maximum atomic E-state index is 12.9. The Bertz CT molecular complexity index is 855. The van der Waals surface area contributed by atoms with E-state index < -0.39 is 5.60 Å². The minimum absolute atomic E-state index is 0.0143. The van der Waals surface area contributed by atoms with E-state index in [1.807, 2.05) is 6.08 Å². The molecule has 3 atom stereocenters. The molecule has 0 aromatic rings. The third-order valence-corrected chi connectivity index (χ3v) is 8.36. The molecule has 4 saturated carbocycles. The van der Waals surface area contributed by atoms with E-state index in [0.717, 1.165) is 49.9 Å². The fourth-order valence-corrected chi connectivity index (χ4v) is 6.80. The van der Waals surface area contributed by atoms with Crippen molar-refractivity contribution in [1.82, 2.24) is 21.1 Å². The van der Waals surface area contributed by atoms with Gasteiger partial charge in [0, 0.05) is 25.0 Å². The highest BCUT2D eigenvalue weighted by Gasteiger charge is 2.56. The minimum Gasteiger partial charge on any atom is -0.388 e. The molecular formula is C22H30BrN5O3. The summed E-state index contributed by atoms with van der Waals surface area (Å²) in [5.74, 6) is 1.27. The van der Waals surface area contributed by atoms with Crippen LogP contribution in [0.3, 0.4) is 0 Å². The van der Waals surface area contributed by atoms with E-state index in [9.17, 15) is 14.7 Å². The lowest BCUT2D eigenvalue weighted by Crippen LogP contribution is -2.66. The molecule has 2 amide bonds. The molecule has 4 aliphatic carbocycles. The average Bonchev–Trinajstić information content (AvgIpc) is 2.74. The maximum absolute atomic E-state index is 12.9. The van der Waals surface area contributed by atoms with E-state index in [2.05, 4.69) is 37.0 Å². The van der Waals surface area contributed by atoms with Crippen molar-refractivity contribution in [2.75, 3.05) is 26.2 Å². The Kier molecular flexibility index (Phi) is 5.68. The first-order valence-electron chi connectivity index (χ1n) is 11.3. The number of carbonyl (C=O) groups is 2. The monoisotopic (exact) mass is 491 g/mol. The molecule has 4 fully saturated rings. The molecule has 9 heteroatoms. The second-order valence-electron chi connectivity index (χ2n) is 9.76. The van der Waals surface area contributed by atoms with Gasteiger partial charge < -0.3 is 15.7 Å². The number of amides is 2. The Morgan fingerprint density at radius 3 is 2.77 bits per heavy atom. The highest BCUT2D eigenvalue weighted by atomic mass is 79.9. The zero-order valence-corrected chi connectivity index (χ0v) is 19.2. The lowest BCUT2D eigenvalue weighted by atomic mass is 9.52. The van der Waals surface area contributed by atoms with Gasteiger partial charge in [0.05, 0.1) is 18.2 Å². The summed E-state index contributed by atoms with van der Waals surface area (Å²) in [5, 5.41) is 19.0. The van der Waals surface area contributed by atoms with Crippen LogP contribution in [0.1, 0.15) is 38.5 Å². The lowest BCUT2D eigenvalue weighted by molar-refractivity contribution is -0.148. The Hall–Kier alpha value is -1.71. The SMILES string of the molecule is O=C(CN1NCC(N[C@H]2C3CC4CC(C3)CC2(O)C4)=C(Br)C1=O)NCC1=CC=NCC1. The number of allylic oxidation sites excluding steroid dienone is 1. The lowest BCUT2D eigenvalue weighted by Gasteiger charge is -2.59. The number of carbonyl (C=O) groups excluding carboxylic acids is 2. The number of nitrogens with zero attached hydrogens (tertiary/aromatic N) is 2. The number of nitrogens with one attached hydrogen (secondary N) is 3. The van der Waals surface area contributed by atoms with E-state index in [1.165, 1.54) is 11.4 Å². The van der Waals surface area contributed by atoms with E-state index >= 15 is 0 Å². The topological polar surface area (TPSA) is 106 Å². The molecule has 6 rings (SSSR count). The fourth-order valence-electron chi connectivity index (χ4n) is 6.33. The number of rotatable bonds is 6. The molecule has 31 heavy (non-hydrogen) atoms. The Morgan fingerprint density at radius 2 is 2.10 bits per heavy atom. The van der Waals surface area contributed by atoms with Gasteiger partial charge in [-0.15, -0.1) is 0 Å². The molecule has 2 unspecified atom stereocenters. The molecule has 2 aliphatic heterocycles. The first-order chi connectivity index (χ1) is 14.9. The summed E-state index contributed by atoms with van der Waals surface area (Å²) in [6.07, 6.45) is 9.84. The van der Waals surface area contributed by atoms with Crippen molar-refractivity contribution in [3.05, 3.63) is 21.8 Å². The van der Waals surface area contributed by atoms with Crippen LogP contribution in [0.2, 0.25) is 0 Å². The van der Waals surface area contributed by atoms with Gasteiger partial charge in [-0.1, -0.05) is 0 Å². The van der Waals surface area contributed by atoms with Crippen LogP contribution in [0.5, 0.6) is 0 Å².